The molecule has 1 saturated heterocycles. The van der Waals surface area contributed by atoms with Gasteiger partial charge in [0.15, 0.2) is 5.13 Å². The summed E-state index contributed by atoms with van der Waals surface area (Å²) in [7, 11) is 0. The smallest absolute Gasteiger partial charge is 0.297 e. The van der Waals surface area contributed by atoms with Gasteiger partial charge in [-0.3, -0.25) is 20.1 Å². The molecular weight excluding hydrogens is 370 g/mol. The minimum absolute atomic E-state index is 0.00581. The molecule has 1 N–H and O–H groups in total. The number of hydrogen-bond acceptors (Lipinski definition) is 5. The quantitative estimate of drug-likeness (QED) is 0.725. The Labute approximate surface area is 167 Å². The first-order valence-corrected chi connectivity index (χ1v) is 10.5. The van der Waals surface area contributed by atoms with Gasteiger partial charge in [-0.15, -0.1) is 11.3 Å². The number of hydrogen-bond donors (Lipinski definition) is 1. The van der Waals surface area contributed by atoms with Crippen molar-refractivity contribution in [1.82, 2.24) is 15.3 Å². The Kier molecular flexibility index (Phi) is 4.54. The van der Waals surface area contributed by atoms with Crippen molar-refractivity contribution >= 4 is 28.2 Å². The molecule has 5 rings (SSSR count). The molecule has 142 valence electrons. The number of amides is 2. The van der Waals surface area contributed by atoms with Crippen LogP contribution in [0.2, 0.25) is 0 Å². The number of rotatable bonds is 3. The Morgan fingerprint density at radius 3 is 2.79 bits per heavy atom. The van der Waals surface area contributed by atoms with Crippen molar-refractivity contribution in [3.8, 4) is 11.3 Å². The van der Waals surface area contributed by atoms with Gasteiger partial charge in [0.2, 0.25) is 0 Å². The molecule has 28 heavy (non-hydrogen) atoms. The van der Waals surface area contributed by atoms with Gasteiger partial charge in [0, 0.05) is 23.3 Å². The molecular formula is C21H21N5OS. The summed E-state index contributed by atoms with van der Waals surface area (Å²) < 4.78 is 0. The van der Waals surface area contributed by atoms with Gasteiger partial charge >= 0.3 is 6.03 Å². The molecule has 2 amide bonds. The summed E-state index contributed by atoms with van der Waals surface area (Å²) in [4.78, 5) is 26.0. The number of pyridine rings is 1. The number of anilines is 2. The molecule has 1 aromatic carbocycles. The molecule has 1 fully saturated rings. The number of fused-ring (bicyclic) bond motifs is 1. The molecule has 3 aromatic rings. The molecule has 0 aliphatic carbocycles. The van der Waals surface area contributed by atoms with Crippen LogP contribution in [0.4, 0.5) is 15.6 Å². The minimum atomic E-state index is -0.00581. The van der Waals surface area contributed by atoms with Gasteiger partial charge in [0.1, 0.15) is 0 Å². The fourth-order valence-electron chi connectivity index (χ4n) is 3.90. The number of nitrogens with one attached hydrogen (secondary N) is 1. The number of benzene rings is 1. The van der Waals surface area contributed by atoms with E-state index in [1.807, 2.05) is 40.6 Å². The third-order valence-electron chi connectivity index (χ3n) is 5.31. The van der Waals surface area contributed by atoms with E-state index in [9.17, 15) is 4.79 Å². The lowest BCUT2D eigenvalue weighted by molar-refractivity contribution is 0.243. The highest BCUT2D eigenvalue weighted by atomic mass is 32.1. The van der Waals surface area contributed by atoms with Gasteiger partial charge < -0.3 is 0 Å². The Morgan fingerprint density at radius 2 is 1.96 bits per heavy atom. The number of carbonyl (C=O) groups is 1. The second-order valence-corrected chi connectivity index (χ2v) is 7.92. The summed E-state index contributed by atoms with van der Waals surface area (Å²) in [6.45, 7) is 1.49. The predicted molar refractivity (Wildman–Crippen MR) is 111 cm³/mol. The van der Waals surface area contributed by atoms with Crippen molar-refractivity contribution in [3.63, 3.8) is 0 Å². The zero-order valence-electron chi connectivity index (χ0n) is 15.4. The van der Waals surface area contributed by atoms with Crippen LogP contribution in [0.1, 0.15) is 24.8 Å². The highest BCUT2D eigenvalue weighted by Crippen LogP contribution is 2.36. The standard InChI is InChI=1S/C21H21N5OS/c27-21-25(20-24-17(14-28-20)15-8-11-22-12-9-15)13-16-5-1-2-6-18(16)26(21)19-7-3-4-10-23-19/h1-2,5-6,8-9,11-12,14,19,23H,3-4,7,10,13H2. The van der Waals surface area contributed by atoms with E-state index in [4.69, 9.17) is 4.98 Å². The predicted octanol–water partition coefficient (Wildman–Crippen LogP) is 4.25. The lowest BCUT2D eigenvalue weighted by atomic mass is 10.0. The molecule has 1 atom stereocenters. The number of urea groups is 1. The van der Waals surface area contributed by atoms with E-state index in [0.29, 0.717) is 6.54 Å². The van der Waals surface area contributed by atoms with Crippen LogP contribution in [0.3, 0.4) is 0 Å². The first kappa shape index (κ1) is 17.3. The molecule has 2 aromatic heterocycles. The topological polar surface area (TPSA) is 61.4 Å². The summed E-state index contributed by atoms with van der Waals surface area (Å²) in [5.41, 5.74) is 4.04. The van der Waals surface area contributed by atoms with Crippen molar-refractivity contribution in [3.05, 3.63) is 59.7 Å². The Hall–Kier alpha value is -2.77. The van der Waals surface area contributed by atoms with Crippen LogP contribution < -0.4 is 15.1 Å². The lowest BCUT2D eigenvalue weighted by Crippen LogP contribution is -2.57. The van der Waals surface area contributed by atoms with Crippen molar-refractivity contribution in [2.24, 2.45) is 0 Å². The third kappa shape index (κ3) is 3.06. The lowest BCUT2D eigenvalue weighted by Gasteiger charge is -2.41. The fourth-order valence-corrected chi connectivity index (χ4v) is 4.73. The Balaban J connectivity index is 1.51. The molecule has 0 bridgehead atoms. The van der Waals surface area contributed by atoms with Crippen LogP contribution in [0.25, 0.3) is 11.3 Å². The summed E-state index contributed by atoms with van der Waals surface area (Å²) in [5, 5.41) is 6.25. The first-order valence-electron chi connectivity index (χ1n) is 9.59. The number of thiazole rings is 1. The number of para-hydroxylation sites is 1. The number of nitrogens with zero attached hydrogens (tertiary/aromatic N) is 4. The highest BCUT2D eigenvalue weighted by Gasteiger charge is 2.37. The maximum atomic E-state index is 13.5. The van der Waals surface area contributed by atoms with E-state index < -0.39 is 0 Å². The van der Waals surface area contributed by atoms with E-state index in [0.717, 1.165) is 53.4 Å². The summed E-state index contributed by atoms with van der Waals surface area (Å²) in [5.74, 6) is 0. The van der Waals surface area contributed by atoms with Crippen molar-refractivity contribution in [2.45, 2.75) is 32.0 Å². The van der Waals surface area contributed by atoms with Crippen LogP contribution in [0.5, 0.6) is 0 Å². The molecule has 0 spiro atoms. The van der Waals surface area contributed by atoms with Crippen LogP contribution in [0.15, 0.2) is 54.2 Å². The maximum Gasteiger partial charge on any atom is 0.332 e. The average molecular weight is 392 g/mol. The van der Waals surface area contributed by atoms with Gasteiger partial charge in [-0.05, 0) is 49.6 Å². The average Bonchev–Trinajstić information content (AvgIpc) is 3.25. The van der Waals surface area contributed by atoms with Crippen molar-refractivity contribution in [2.75, 3.05) is 16.3 Å². The molecule has 0 radical (unpaired) electrons. The monoisotopic (exact) mass is 391 g/mol. The first-order chi connectivity index (χ1) is 13.8. The van der Waals surface area contributed by atoms with Gasteiger partial charge in [0.25, 0.3) is 0 Å². The van der Waals surface area contributed by atoms with Crippen molar-refractivity contribution < 1.29 is 4.79 Å². The largest absolute Gasteiger partial charge is 0.332 e. The summed E-state index contributed by atoms with van der Waals surface area (Å²) in [6.07, 6.45) is 6.80. The normalized spacial score (nSPS) is 19.6. The molecule has 2 aliphatic rings. The third-order valence-corrected chi connectivity index (χ3v) is 6.18. The van der Waals surface area contributed by atoms with Gasteiger partial charge in [-0.25, -0.2) is 9.78 Å². The van der Waals surface area contributed by atoms with E-state index in [2.05, 4.69) is 16.4 Å². The van der Waals surface area contributed by atoms with Crippen LogP contribution >= 0.6 is 11.3 Å². The Morgan fingerprint density at radius 1 is 1.11 bits per heavy atom. The summed E-state index contributed by atoms with van der Waals surface area (Å²) in [6, 6.07) is 12.0. The molecule has 7 heteroatoms. The number of carbonyl (C=O) groups excluding carboxylic acids is 1. The fraction of sp³-hybridized carbons (Fsp3) is 0.286. The van der Waals surface area contributed by atoms with Crippen LogP contribution in [-0.2, 0) is 6.54 Å². The SMILES string of the molecule is O=C1N(c2nc(-c3ccncc3)cs2)Cc2ccccc2N1C1CCCCN1. The zero-order chi connectivity index (χ0) is 18.9. The highest BCUT2D eigenvalue weighted by molar-refractivity contribution is 7.14. The van der Waals surface area contributed by atoms with Gasteiger partial charge in [-0.2, -0.15) is 0 Å². The maximum absolute atomic E-state index is 13.5. The number of piperidine rings is 1. The van der Waals surface area contributed by atoms with Crippen LogP contribution in [0, 0.1) is 0 Å². The minimum Gasteiger partial charge on any atom is -0.297 e. The van der Waals surface area contributed by atoms with E-state index in [1.54, 1.807) is 17.3 Å². The zero-order valence-corrected chi connectivity index (χ0v) is 16.2. The van der Waals surface area contributed by atoms with E-state index in [-0.39, 0.29) is 12.2 Å². The second-order valence-electron chi connectivity index (χ2n) is 7.08. The van der Waals surface area contributed by atoms with Gasteiger partial charge in [0.05, 0.1) is 24.1 Å². The number of aromatic nitrogens is 2. The summed E-state index contributed by atoms with van der Waals surface area (Å²) >= 11 is 1.50. The molecule has 6 nitrogen and oxygen atoms in total. The van der Waals surface area contributed by atoms with E-state index >= 15 is 0 Å². The van der Waals surface area contributed by atoms with Crippen molar-refractivity contribution in [1.29, 1.82) is 0 Å². The van der Waals surface area contributed by atoms with Crippen LogP contribution in [-0.4, -0.2) is 28.7 Å². The molecule has 0 saturated carbocycles. The molecule has 1 unspecified atom stereocenters. The van der Waals surface area contributed by atoms with Gasteiger partial charge in [-0.1, -0.05) is 18.2 Å². The molecule has 2 aliphatic heterocycles. The second kappa shape index (κ2) is 7.33. The van der Waals surface area contributed by atoms with E-state index in [1.165, 1.54) is 11.3 Å². The Bertz CT molecular complexity index is 983. The molecule has 4 heterocycles.